The molecule has 1 fully saturated rings. The fourth-order valence-corrected chi connectivity index (χ4v) is 14.3. The number of aromatic nitrogens is 17. The number of aliphatic imine (C=N–C) groups is 2. The van der Waals surface area contributed by atoms with Gasteiger partial charge in [-0.15, -0.1) is 0 Å². The lowest BCUT2D eigenvalue weighted by atomic mass is 9.79. The van der Waals surface area contributed by atoms with E-state index < -0.39 is 13.1 Å². The van der Waals surface area contributed by atoms with E-state index >= 15 is 0 Å². The van der Waals surface area contributed by atoms with E-state index in [0.717, 1.165) is 152 Å². The molecule has 0 amide bonds. The molecule has 17 aromatic rings. The van der Waals surface area contributed by atoms with Crippen LogP contribution >= 0.6 is 34.8 Å². The van der Waals surface area contributed by atoms with Crippen molar-refractivity contribution in [3.63, 3.8) is 0 Å². The highest BCUT2D eigenvalue weighted by atomic mass is 35.5. The number of hydrogen-bond donors (Lipinski definition) is 13. The van der Waals surface area contributed by atoms with Crippen LogP contribution in [0.2, 0.25) is 15.6 Å². The van der Waals surface area contributed by atoms with Crippen molar-refractivity contribution in [1.29, 1.82) is 0 Å². The number of carbonyl (C=O) groups excluding carboxylic acids is 2. The molecule has 7 aromatic carbocycles. The maximum absolute atomic E-state index is 12.8. The molecule has 3 aliphatic heterocycles. The maximum Gasteiger partial charge on any atom is 0.494 e. The number of carbonyl (C=O) groups is 3. The van der Waals surface area contributed by atoms with Gasteiger partial charge >= 0.3 is 19.1 Å². The molecule has 1 saturated heterocycles. The van der Waals surface area contributed by atoms with Crippen molar-refractivity contribution in [3.05, 3.63) is 308 Å². The fourth-order valence-electron chi connectivity index (χ4n) is 13.6. The van der Waals surface area contributed by atoms with Crippen LogP contribution in [0.3, 0.4) is 0 Å². The van der Waals surface area contributed by atoms with Gasteiger partial charge in [0.25, 0.3) is 0 Å². The van der Waals surface area contributed by atoms with Crippen molar-refractivity contribution in [3.8, 4) is 22.5 Å². The number of H-pyrrole nitrogens is 5. The number of ketones is 1. The van der Waals surface area contributed by atoms with Gasteiger partial charge in [-0.2, -0.15) is 20.4 Å². The summed E-state index contributed by atoms with van der Waals surface area (Å²) in [4.78, 5) is 87.4. The van der Waals surface area contributed by atoms with Crippen LogP contribution in [0.4, 0.5) is 40.6 Å². The van der Waals surface area contributed by atoms with Gasteiger partial charge in [0.1, 0.15) is 21.7 Å². The number of carboxylic acid groups (broad SMARTS) is 1. The smallest absolute Gasteiger partial charge is 0.477 e. The van der Waals surface area contributed by atoms with E-state index in [0.29, 0.717) is 45.2 Å². The highest BCUT2D eigenvalue weighted by molar-refractivity contribution is 6.62. The minimum Gasteiger partial charge on any atom is -0.477 e. The molecule has 0 aliphatic carbocycles. The highest BCUT2D eigenvalue weighted by Crippen LogP contribution is 2.38. The van der Waals surface area contributed by atoms with Crippen molar-refractivity contribution < 1.29 is 33.5 Å². The van der Waals surface area contributed by atoms with Crippen LogP contribution in [0, 0.1) is 27.7 Å². The molecule has 3 aliphatic rings. The van der Waals surface area contributed by atoms with Gasteiger partial charge in [0.2, 0.25) is 23.1 Å². The van der Waals surface area contributed by atoms with E-state index in [1.165, 1.54) is 42.3 Å². The molecule has 10 aromatic heterocycles. The Labute approximate surface area is 759 Å². The first-order valence-electron chi connectivity index (χ1n) is 40.4. The van der Waals surface area contributed by atoms with E-state index in [-0.39, 0.29) is 40.4 Å². The molecule has 656 valence electrons. The number of aromatic carboxylic acids is 1. The first kappa shape index (κ1) is 90.6. The number of benzene rings is 7. The van der Waals surface area contributed by atoms with Crippen LogP contribution in [-0.4, -0.2) is 146 Å². The van der Waals surface area contributed by atoms with E-state index in [4.69, 9.17) is 76.8 Å². The molecule has 130 heavy (non-hydrogen) atoms. The van der Waals surface area contributed by atoms with Crippen molar-refractivity contribution >= 4 is 173 Å². The molecular formula is C93H88BCl3N26O7. The Bertz CT molecular complexity index is 7080. The molecule has 0 atom stereocenters. The number of carboxylic acids is 1. The summed E-state index contributed by atoms with van der Waals surface area (Å²) in [5.41, 5.74) is 42.6. The number of ether oxygens (including phenoxy) is 1. The number of nitrogens with zero attached hydrogens (tertiary/aromatic N) is 14. The number of aromatic amines is 5. The third-order valence-electron chi connectivity index (χ3n) is 20.7. The molecule has 0 bridgehead atoms. The van der Waals surface area contributed by atoms with E-state index in [2.05, 4.69) is 112 Å². The molecule has 0 radical (unpaired) electrons. The highest BCUT2D eigenvalue weighted by Gasteiger charge is 2.52. The number of fused-ring (bicyclic) bond motifs is 7. The fraction of sp³-hybridized carbons (Fsp3) is 0.151. The van der Waals surface area contributed by atoms with Crippen molar-refractivity contribution in [1.82, 2.24) is 85.4 Å². The zero-order valence-electron chi connectivity index (χ0n) is 71.7. The number of methoxy groups -OCH3 is 1. The summed E-state index contributed by atoms with van der Waals surface area (Å²) in [6.45, 7) is 17.2. The largest absolute Gasteiger partial charge is 0.494 e. The average molecular weight is 1800 g/mol. The summed E-state index contributed by atoms with van der Waals surface area (Å²) in [5, 5.41) is 46.2. The van der Waals surface area contributed by atoms with Gasteiger partial charge in [0, 0.05) is 137 Å². The van der Waals surface area contributed by atoms with Crippen molar-refractivity contribution in [2.24, 2.45) is 27.2 Å². The number of rotatable bonds is 15. The van der Waals surface area contributed by atoms with Gasteiger partial charge in [-0.05, 0) is 240 Å². The molecule has 17 N–H and O–H groups in total. The molecule has 33 nitrogen and oxygen atoms in total. The minimum absolute atomic E-state index is 0.00490. The number of Topliss-reactive ketones (excluding diaryl/α,β-unsaturated/α-hetero) is 1. The van der Waals surface area contributed by atoms with Gasteiger partial charge in [-0.3, -0.25) is 25.0 Å². The first-order chi connectivity index (χ1) is 62.4. The van der Waals surface area contributed by atoms with Crippen LogP contribution in [0.25, 0.3) is 77.0 Å². The zero-order valence-corrected chi connectivity index (χ0v) is 74.0. The van der Waals surface area contributed by atoms with Crippen LogP contribution in [0.1, 0.15) is 110 Å². The van der Waals surface area contributed by atoms with E-state index in [1.807, 2.05) is 200 Å². The number of nitrogens with two attached hydrogens (primary N) is 4. The third-order valence-corrected chi connectivity index (χ3v) is 21.3. The SMILES string of the molecule is COC(=O)c1cc2ccc(B3OC(C)(C)C(C)(C)O3)cc2[nH]1.Cc1cc(-c2ccc3cc(C(=O)Cc4ccnnc4)[nH]c3c2)nc(Nc2ccc3[nH]ncc3c2)n1.Cc1cc(-c2ccc3cc(C(=O)O)[nH]c3c2)nc(Nc2ccc3[nH]ncc3c2)n1.Cc1cc(Cl)nc(Cl)n1.Cc1cc(Cl)nc(Nc2ccc3c(c2)C=NC3)n1.N/C=C\C(N)=C/N.Nc1ccc2c(c1)C=NC2. The monoisotopic (exact) mass is 1800 g/mol. The Morgan fingerprint density at radius 2 is 1.01 bits per heavy atom. The second kappa shape index (κ2) is 40.4. The second-order valence-corrected chi connectivity index (χ2v) is 32.1. The molecule has 20 rings (SSSR count). The summed E-state index contributed by atoms with van der Waals surface area (Å²) in [7, 11) is 0.947. The minimum atomic E-state index is -0.985. The molecule has 37 heteroatoms. The summed E-state index contributed by atoms with van der Waals surface area (Å²) in [6.07, 6.45) is 14.9. The first-order valence-corrected chi connectivity index (χ1v) is 41.6. The number of aryl methyl sites for hydroxylation is 4. The van der Waals surface area contributed by atoms with Crippen LogP contribution in [-0.2, 0) is 33.6 Å². The lowest BCUT2D eigenvalue weighted by Gasteiger charge is -2.32. The van der Waals surface area contributed by atoms with Crippen molar-refractivity contribution in [2.75, 3.05) is 28.8 Å². The molecule has 13 heterocycles. The lowest BCUT2D eigenvalue weighted by molar-refractivity contribution is 0.00578. The van der Waals surface area contributed by atoms with E-state index in [9.17, 15) is 19.5 Å². The van der Waals surface area contributed by atoms with E-state index in [1.54, 1.807) is 62.0 Å². The quantitative estimate of drug-likeness (QED) is 0.00862. The Hall–Kier alpha value is -15.6. The predicted octanol–water partition coefficient (Wildman–Crippen LogP) is 16.9. The number of nitrogens with one attached hydrogen (secondary N) is 8. The summed E-state index contributed by atoms with van der Waals surface area (Å²) >= 11 is 16.9. The van der Waals surface area contributed by atoms with Crippen molar-refractivity contribution in [2.45, 2.75) is 86.1 Å². The third kappa shape index (κ3) is 23.2. The van der Waals surface area contributed by atoms with Crippen LogP contribution < -0.4 is 44.3 Å². The summed E-state index contributed by atoms with van der Waals surface area (Å²) in [6, 6.07) is 55.5. The van der Waals surface area contributed by atoms with Gasteiger partial charge < -0.3 is 73.0 Å². The molecule has 0 spiro atoms. The Balaban J connectivity index is 0.000000130. The second-order valence-electron chi connectivity index (χ2n) is 31.0. The predicted molar refractivity (Wildman–Crippen MR) is 511 cm³/mol. The van der Waals surface area contributed by atoms with Gasteiger partial charge in [-0.25, -0.2) is 49.5 Å². The average Bonchev–Trinajstić information content (AvgIpc) is 1.61. The molecular weight excluding hydrogens is 1710 g/mol. The van der Waals surface area contributed by atoms with Crippen LogP contribution in [0.15, 0.2) is 235 Å². The summed E-state index contributed by atoms with van der Waals surface area (Å²) < 4.78 is 16.8. The van der Waals surface area contributed by atoms with Gasteiger partial charge in [0.05, 0.1) is 78.1 Å². The Morgan fingerprint density at radius 1 is 0.515 bits per heavy atom. The number of hydrogen-bond acceptors (Lipinski definition) is 27. The molecule has 0 unspecified atom stereocenters. The number of esters is 1. The number of allylic oxidation sites excluding steroid dienone is 1. The Kier molecular flexibility index (Phi) is 28.1. The zero-order chi connectivity index (χ0) is 91.9. The Morgan fingerprint density at radius 3 is 1.53 bits per heavy atom. The lowest BCUT2D eigenvalue weighted by Crippen LogP contribution is -2.41. The van der Waals surface area contributed by atoms with Gasteiger partial charge in [-0.1, -0.05) is 71.7 Å². The standard InChI is InChI=1S/C26H20N8O.C21H16N6O2.C16H20BNO4.C13H11ClN4.C8H8N2.C5H4Cl2N2.C4H9N3/c1-15-8-22(33-26(30-15)31-20-4-5-21-19(10-20)14-29-34-21)17-2-3-18-12-24(32-23(18)11-17)25(35)9-16-6-7-27-28-13-16;1-11-6-17(12-2-3-13-9-19(20(28)29)25-18(13)8-12)26-21(23-11)24-15-4-5-16-14(7-15)10-22-27-16;1-15(2)16(3,4)22-17(21-15)11-7-6-10-8-13(14(19)20-5)18-12(10)9-11;1-8-4-12(14)18-13(16-8)17-11-3-2-9-6-15-7-10(9)5-11;9-8-2-1-6-4-10-5-7(6)3-8;1-3-2-4(6)9-5(7)8-3;5-2-1-4(7)3-6/h2-8,10-14,32H,9H2,1H3,(H,29,34)(H,30,31,33);2-10,25H,1H3,(H,22,27)(H,28,29)(H,23,24,26);6-9,18H,1-5H3;2-5,7H,6H2,1H3,(H,16,17,18);1-3,5H,4,9H2;2H,1H3;1-3H,5-7H2/b;;;;;;2-1-,4-3+. The number of anilines is 7. The molecule has 0 saturated carbocycles. The summed E-state index contributed by atoms with van der Waals surface area (Å²) in [5.74, 6) is 0.136. The number of halogens is 3. The normalized spacial score (nSPS) is 13.0. The topological polar surface area (TPSA) is 498 Å². The van der Waals surface area contributed by atoms with Crippen LogP contribution in [0.5, 0.6) is 0 Å². The maximum atomic E-state index is 12.8. The van der Waals surface area contributed by atoms with Gasteiger partial charge in [0.15, 0.2) is 5.78 Å². The number of nitrogen functional groups attached to an aromatic ring is 1.